The number of carbonyl (C=O) groups is 1. The summed E-state index contributed by atoms with van der Waals surface area (Å²) in [6.07, 6.45) is 0. The SMILES string of the molecule is BC(=O)c1cc2ccccc2n1Cc1c(C)c(C)c(C)c(C)c1C. The fourth-order valence-corrected chi connectivity index (χ4v) is 3.65. The lowest BCUT2D eigenvalue weighted by Crippen LogP contribution is -2.13. The molecule has 0 aliphatic carbocycles. The van der Waals surface area contributed by atoms with Crippen molar-refractivity contribution in [1.29, 1.82) is 0 Å². The van der Waals surface area contributed by atoms with Crippen molar-refractivity contribution in [2.45, 2.75) is 41.2 Å². The molecule has 3 rings (SSSR count). The highest BCUT2D eigenvalue weighted by molar-refractivity contribution is 6.62. The maximum absolute atomic E-state index is 12.2. The van der Waals surface area contributed by atoms with Gasteiger partial charge in [0, 0.05) is 17.4 Å². The van der Waals surface area contributed by atoms with Gasteiger partial charge in [0.25, 0.3) is 0 Å². The number of nitrogens with zero attached hydrogens (tertiary/aromatic N) is 1. The molecule has 3 aromatic rings. The molecule has 0 N–H and O–H groups in total. The van der Waals surface area contributed by atoms with E-state index in [2.05, 4.69) is 51.3 Å². The van der Waals surface area contributed by atoms with E-state index >= 15 is 0 Å². The standard InChI is InChI=1S/C21H24BNO/c1-12-13(2)15(4)18(16(5)14(12)3)11-23-19-9-7-6-8-17(19)10-20(23)21(22)24/h6-10H,11,22H2,1-5H3. The van der Waals surface area contributed by atoms with Crippen molar-refractivity contribution in [3.05, 3.63) is 69.4 Å². The zero-order valence-corrected chi connectivity index (χ0v) is 15.4. The van der Waals surface area contributed by atoms with Crippen molar-refractivity contribution in [3.8, 4) is 0 Å². The smallest absolute Gasteiger partial charge is 0.195 e. The summed E-state index contributed by atoms with van der Waals surface area (Å²) in [5.74, 6) is 0. The molecule has 0 spiro atoms. The van der Waals surface area contributed by atoms with Crippen LogP contribution in [0, 0.1) is 34.6 Å². The Morgan fingerprint density at radius 2 is 1.46 bits per heavy atom. The van der Waals surface area contributed by atoms with Gasteiger partial charge in [0.15, 0.2) is 7.85 Å². The first-order valence-electron chi connectivity index (χ1n) is 8.48. The Balaban J connectivity index is 2.25. The molecule has 2 aromatic carbocycles. The van der Waals surface area contributed by atoms with Crippen LogP contribution in [0.3, 0.4) is 0 Å². The molecule has 0 aliphatic heterocycles. The highest BCUT2D eigenvalue weighted by Crippen LogP contribution is 2.29. The summed E-state index contributed by atoms with van der Waals surface area (Å²) in [7, 11) is 1.65. The molecular formula is C21H24BNO. The molecule has 1 aromatic heterocycles. The third-order valence-electron chi connectivity index (χ3n) is 5.64. The molecule has 0 saturated heterocycles. The van der Waals surface area contributed by atoms with E-state index in [1.807, 2.05) is 18.2 Å². The number of para-hydroxylation sites is 1. The van der Waals surface area contributed by atoms with Gasteiger partial charge in [-0.1, -0.05) is 18.2 Å². The van der Waals surface area contributed by atoms with Gasteiger partial charge in [-0.3, -0.25) is 0 Å². The molecular weight excluding hydrogens is 293 g/mol. The normalized spacial score (nSPS) is 11.2. The Morgan fingerprint density at radius 1 is 0.917 bits per heavy atom. The summed E-state index contributed by atoms with van der Waals surface area (Å²) in [5.41, 5.74) is 10.1. The molecule has 0 fully saturated rings. The van der Waals surface area contributed by atoms with Crippen LogP contribution in [-0.2, 0) is 6.54 Å². The van der Waals surface area contributed by atoms with E-state index in [1.165, 1.54) is 33.4 Å². The Bertz CT molecular complexity index is 937. The molecule has 0 aliphatic rings. The third-order valence-corrected chi connectivity index (χ3v) is 5.64. The molecule has 24 heavy (non-hydrogen) atoms. The highest BCUT2D eigenvalue weighted by Gasteiger charge is 2.17. The molecule has 122 valence electrons. The monoisotopic (exact) mass is 317 g/mol. The summed E-state index contributed by atoms with van der Waals surface area (Å²) < 4.78 is 2.17. The van der Waals surface area contributed by atoms with Crippen molar-refractivity contribution in [2.24, 2.45) is 0 Å². The van der Waals surface area contributed by atoms with Gasteiger partial charge >= 0.3 is 0 Å². The zero-order chi connectivity index (χ0) is 17.6. The summed E-state index contributed by atoms with van der Waals surface area (Å²) in [4.78, 5) is 12.2. The lowest BCUT2D eigenvalue weighted by atomic mass is 9.89. The van der Waals surface area contributed by atoms with Crippen molar-refractivity contribution >= 4 is 24.4 Å². The van der Waals surface area contributed by atoms with Crippen LogP contribution >= 0.6 is 0 Å². The van der Waals surface area contributed by atoms with Gasteiger partial charge in [-0.25, -0.2) is 0 Å². The van der Waals surface area contributed by atoms with E-state index in [4.69, 9.17) is 0 Å². The van der Waals surface area contributed by atoms with Crippen LogP contribution in [0.15, 0.2) is 30.3 Å². The van der Waals surface area contributed by atoms with Gasteiger partial charge in [-0.2, -0.15) is 0 Å². The number of aromatic nitrogens is 1. The van der Waals surface area contributed by atoms with E-state index in [0.29, 0.717) is 0 Å². The fraction of sp³-hybridized carbons (Fsp3) is 0.286. The largest absolute Gasteiger partial charge is 0.334 e. The Labute approximate surface area is 144 Å². The van der Waals surface area contributed by atoms with Crippen molar-refractivity contribution in [1.82, 2.24) is 4.57 Å². The minimum absolute atomic E-state index is 0.113. The first-order chi connectivity index (χ1) is 11.3. The van der Waals surface area contributed by atoms with Gasteiger partial charge in [-0.05, 0) is 80.1 Å². The van der Waals surface area contributed by atoms with Crippen LogP contribution in [0.4, 0.5) is 0 Å². The summed E-state index contributed by atoms with van der Waals surface area (Å²) >= 11 is 0. The van der Waals surface area contributed by atoms with Crippen molar-refractivity contribution < 1.29 is 4.79 Å². The topological polar surface area (TPSA) is 22.0 Å². The van der Waals surface area contributed by atoms with E-state index in [1.54, 1.807) is 7.85 Å². The first kappa shape index (κ1) is 16.6. The minimum atomic E-state index is 0.113. The second kappa shape index (κ2) is 5.97. The third kappa shape index (κ3) is 2.48. The summed E-state index contributed by atoms with van der Waals surface area (Å²) in [6, 6.07) is 10.2. The number of fused-ring (bicyclic) bond motifs is 1. The van der Waals surface area contributed by atoms with Crippen LogP contribution in [0.2, 0.25) is 0 Å². The predicted molar refractivity (Wildman–Crippen MR) is 104 cm³/mol. The summed E-state index contributed by atoms with van der Waals surface area (Å²) in [6.45, 7) is 11.7. The second-order valence-electron chi connectivity index (χ2n) is 6.83. The van der Waals surface area contributed by atoms with Gasteiger partial charge < -0.3 is 9.36 Å². The quantitative estimate of drug-likeness (QED) is 0.669. The maximum atomic E-state index is 12.2. The fourth-order valence-electron chi connectivity index (χ4n) is 3.65. The first-order valence-corrected chi connectivity index (χ1v) is 8.48. The molecule has 0 saturated carbocycles. The van der Waals surface area contributed by atoms with Crippen LogP contribution in [-0.4, -0.2) is 18.1 Å². The van der Waals surface area contributed by atoms with Gasteiger partial charge in [0.05, 0.1) is 5.69 Å². The Hall–Kier alpha value is -2.29. The number of carbonyl (C=O) groups excluding carboxylic acids is 1. The van der Waals surface area contributed by atoms with Crippen LogP contribution in [0.1, 0.15) is 43.9 Å². The maximum Gasteiger partial charge on any atom is 0.195 e. The van der Waals surface area contributed by atoms with Gasteiger partial charge in [-0.15, -0.1) is 0 Å². The van der Waals surface area contributed by atoms with E-state index in [-0.39, 0.29) is 5.68 Å². The Morgan fingerprint density at radius 3 is 2.04 bits per heavy atom. The zero-order valence-electron chi connectivity index (χ0n) is 15.4. The van der Waals surface area contributed by atoms with E-state index < -0.39 is 0 Å². The molecule has 2 nitrogen and oxygen atoms in total. The molecule has 0 unspecified atom stereocenters. The van der Waals surface area contributed by atoms with E-state index in [9.17, 15) is 4.79 Å². The molecule has 1 heterocycles. The molecule has 0 amide bonds. The molecule has 0 atom stereocenters. The summed E-state index contributed by atoms with van der Waals surface area (Å²) in [5, 5.41) is 1.12. The lowest BCUT2D eigenvalue weighted by Gasteiger charge is -2.20. The van der Waals surface area contributed by atoms with Crippen LogP contribution in [0.25, 0.3) is 10.9 Å². The molecule has 0 radical (unpaired) electrons. The van der Waals surface area contributed by atoms with Gasteiger partial charge in [0.2, 0.25) is 0 Å². The average molecular weight is 317 g/mol. The minimum Gasteiger partial charge on any atom is -0.334 e. The number of rotatable bonds is 3. The highest BCUT2D eigenvalue weighted by atomic mass is 16.1. The van der Waals surface area contributed by atoms with Crippen LogP contribution < -0.4 is 0 Å². The van der Waals surface area contributed by atoms with Gasteiger partial charge in [0.1, 0.15) is 5.68 Å². The van der Waals surface area contributed by atoms with Crippen molar-refractivity contribution in [2.75, 3.05) is 0 Å². The van der Waals surface area contributed by atoms with Crippen LogP contribution in [0.5, 0.6) is 0 Å². The number of hydrogen-bond donors (Lipinski definition) is 0. The second-order valence-corrected chi connectivity index (χ2v) is 6.83. The number of benzene rings is 2. The average Bonchev–Trinajstić information content (AvgIpc) is 2.94. The van der Waals surface area contributed by atoms with E-state index in [0.717, 1.165) is 23.1 Å². The molecule has 3 heteroatoms. The Kier molecular flexibility index (Phi) is 4.12. The predicted octanol–water partition coefficient (Wildman–Crippen LogP) is 4.01. The van der Waals surface area contributed by atoms with Crippen molar-refractivity contribution in [3.63, 3.8) is 0 Å². The molecule has 0 bridgehead atoms. The number of hydrogen-bond acceptors (Lipinski definition) is 1. The lowest BCUT2D eigenvalue weighted by molar-refractivity contribution is 0.107.